The fourth-order valence-electron chi connectivity index (χ4n) is 6.86. The van der Waals surface area contributed by atoms with Gasteiger partial charge in [-0.15, -0.1) is 0 Å². The van der Waals surface area contributed by atoms with Crippen LogP contribution in [-0.2, 0) is 28.6 Å². The maximum absolute atomic E-state index is 12.7. The second-order valence-electron chi connectivity index (χ2n) is 16.7. The van der Waals surface area contributed by atoms with E-state index in [1.165, 1.54) is 89.9 Å². The Hall–Kier alpha value is -3.15. The molecule has 0 saturated heterocycles. The third-order valence-corrected chi connectivity index (χ3v) is 10.7. The number of carbonyl (C=O) groups is 3. The molecule has 1 atom stereocenters. The average molecular weight is 851 g/mol. The molecule has 0 rings (SSSR count). The van der Waals surface area contributed by atoms with Crippen LogP contribution in [0.4, 0.5) is 0 Å². The Bertz CT molecular complexity index is 1160. The zero-order chi connectivity index (χ0) is 44.4. The standard InChI is InChI=1S/C55H94O6/c1-4-7-10-13-16-18-20-21-22-23-24-25-26-27-28-29-30-31-32-33-35-36-39-42-45-48-54(57)60-51-52(50-59-53(56)47-44-41-38-15-12-9-6-3)61-55(58)49-46-43-40-37-34-19-17-14-11-8-5-2/h7,10,14,16-18,21-22,24-25,27-28,52H,4-6,8-9,11-13,15,19-20,23,26,29-51H2,1-3H3/b10-7-,17-14-,18-16-,22-21-,25-24-,28-27-. The number of rotatable bonds is 45. The number of carbonyl (C=O) groups excluding carboxylic acids is 3. The highest BCUT2D eigenvalue weighted by atomic mass is 16.6. The third-order valence-electron chi connectivity index (χ3n) is 10.7. The Kier molecular flexibility index (Phi) is 46.9. The fraction of sp³-hybridized carbons (Fsp3) is 0.727. The van der Waals surface area contributed by atoms with Gasteiger partial charge in [-0.3, -0.25) is 14.4 Å². The Labute approximate surface area is 376 Å². The fourth-order valence-corrected chi connectivity index (χ4v) is 6.86. The zero-order valence-corrected chi connectivity index (χ0v) is 39.9. The van der Waals surface area contributed by atoms with Crippen molar-refractivity contribution >= 4 is 17.9 Å². The molecule has 0 fully saturated rings. The van der Waals surface area contributed by atoms with Gasteiger partial charge in [0.05, 0.1) is 0 Å². The monoisotopic (exact) mass is 851 g/mol. The minimum Gasteiger partial charge on any atom is -0.462 e. The minimum absolute atomic E-state index is 0.0799. The van der Waals surface area contributed by atoms with Gasteiger partial charge in [-0.25, -0.2) is 0 Å². The first-order chi connectivity index (χ1) is 30.0. The molecular weight excluding hydrogens is 757 g/mol. The quantitative estimate of drug-likeness (QED) is 0.0263. The van der Waals surface area contributed by atoms with Crippen LogP contribution in [0.1, 0.15) is 239 Å². The molecule has 0 aliphatic carbocycles. The van der Waals surface area contributed by atoms with Gasteiger partial charge in [-0.2, -0.15) is 0 Å². The first kappa shape index (κ1) is 57.9. The Morgan fingerprint density at radius 1 is 0.344 bits per heavy atom. The predicted octanol–water partition coefficient (Wildman–Crippen LogP) is 16.6. The van der Waals surface area contributed by atoms with Crippen LogP contribution in [0, 0.1) is 0 Å². The van der Waals surface area contributed by atoms with E-state index in [1.807, 2.05) is 0 Å². The first-order valence-corrected chi connectivity index (χ1v) is 25.4. The molecule has 61 heavy (non-hydrogen) atoms. The molecule has 0 aliphatic rings. The molecule has 0 bridgehead atoms. The van der Waals surface area contributed by atoms with E-state index >= 15 is 0 Å². The van der Waals surface area contributed by atoms with Crippen molar-refractivity contribution in [2.24, 2.45) is 0 Å². The van der Waals surface area contributed by atoms with E-state index in [1.54, 1.807) is 0 Å². The molecule has 0 spiro atoms. The zero-order valence-electron chi connectivity index (χ0n) is 39.9. The number of allylic oxidation sites excluding steroid dienone is 12. The van der Waals surface area contributed by atoms with Crippen LogP contribution in [0.3, 0.4) is 0 Å². The number of hydrogen-bond acceptors (Lipinski definition) is 6. The van der Waals surface area contributed by atoms with Crippen LogP contribution < -0.4 is 0 Å². The predicted molar refractivity (Wildman–Crippen MR) is 261 cm³/mol. The van der Waals surface area contributed by atoms with E-state index in [0.29, 0.717) is 19.3 Å². The summed E-state index contributed by atoms with van der Waals surface area (Å²) in [5, 5.41) is 0. The van der Waals surface area contributed by atoms with E-state index in [9.17, 15) is 14.4 Å². The third kappa shape index (κ3) is 47.7. The van der Waals surface area contributed by atoms with Crippen LogP contribution >= 0.6 is 0 Å². The molecule has 0 aromatic heterocycles. The Morgan fingerprint density at radius 3 is 1.07 bits per heavy atom. The van der Waals surface area contributed by atoms with Crippen LogP contribution in [0.15, 0.2) is 72.9 Å². The summed E-state index contributed by atoms with van der Waals surface area (Å²) in [5.41, 5.74) is 0. The van der Waals surface area contributed by atoms with Gasteiger partial charge in [0.15, 0.2) is 6.10 Å². The number of ether oxygens (including phenoxy) is 3. The van der Waals surface area contributed by atoms with Crippen molar-refractivity contribution in [1.82, 2.24) is 0 Å². The molecule has 0 amide bonds. The molecule has 6 nitrogen and oxygen atoms in total. The highest BCUT2D eigenvalue weighted by Crippen LogP contribution is 2.14. The van der Waals surface area contributed by atoms with Crippen molar-refractivity contribution in [1.29, 1.82) is 0 Å². The molecule has 1 unspecified atom stereocenters. The lowest BCUT2D eigenvalue weighted by Gasteiger charge is -2.18. The topological polar surface area (TPSA) is 78.9 Å². The molecular formula is C55H94O6. The summed E-state index contributed by atoms with van der Waals surface area (Å²) in [6.07, 6.45) is 61.9. The minimum atomic E-state index is -0.777. The van der Waals surface area contributed by atoms with Gasteiger partial charge in [0.2, 0.25) is 0 Å². The molecule has 0 N–H and O–H groups in total. The van der Waals surface area contributed by atoms with Gasteiger partial charge in [-0.05, 0) is 83.5 Å². The van der Waals surface area contributed by atoms with E-state index in [-0.39, 0.29) is 31.1 Å². The van der Waals surface area contributed by atoms with Crippen LogP contribution in [0.5, 0.6) is 0 Å². The summed E-state index contributed by atoms with van der Waals surface area (Å²) in [4.78, 5) is 37.7. The second kappa shape index (κ2) is 49.5. The van der Waals surface area contributed by atoms with Crippen molar-refractivity contribution in [3.63, 3.8) is 0 Å². The van der Waals surface area contributed by atoms with Crippen molar-refractivity contribution < 1.29 is 28.6 Å². The van der Waals surface area contributed by atoms with Crippen LogP contribution in [0.2, 0.25) is 0 Å². The summed E-state index contributed by atoms with van der Waals surface area (Å²) in [6.45, 7) is 6.42. The highest BCUT2D eigenvalue weighted by Gasteiger charge is 2.19. The van der Waals surface area contributed by atoms with Crippen LogP contribution in [-0.4, -0.2) is 37.2 Å². The maximum atomic E-state index is 12.7. The Balaban J connectivity index is 4.17. The Morgan fingerprint density at radius 2 is 0.656 bits per heavy atom. The smallest absolute Gasteiger partial charge is 0.306 e. The molecule has 0 radical (unpaired) electrons. The molecule has 0 aliphatic heterocycles. The van der Waals surface area contributed by atoms with Crippen molar-refractivity contribution in [3.05, 3.63) is 72.9 Å². The lowest BCUT2D eigenvalue weighted by Crippen LogP contribution is -2.30. The van der Waals surface area contributed by atoms with Gasteiger partial charge in [0.1, 0.15) is 13.2 Å². The summed E-state index contributed by atoms with van der Waals surface area (Å²) in [5.74, 6) is -0.904. The molecule has 0 aromatic carbocycles. The largest absolute Gasteiger partial charge is 0.462 e. The number of unbranched alkanes of at least 4 members (excludes halogenated alkanes) is 22. The van der Waals surface area contributed by atoms with Gasteiger partial charge in [0, 0.05) is 19.3 Å². The number of hydrogen-bond donors (Lipinski definition) is 0. The average Bonchev–Trinajstić information content (AvgIpc) is 3.26. The summed E-state index contributed by atoms with van der Waals surface area (Å²) in [6, 6.07) is 0. The molecule has 6 heteroatoms. The normalized spacial score (nSPS) is 12.6. The van der Waals surface area contributed by atoms with E-state index in [0.717, 1.165) is 109 Å². The van der Waals surface area contributed by atoms with Gasteiger partial charge >= 0.3 is 17.9 Å². The van der Waals surface area contributed by atoms with Crippen molar-refractivity contribution in [2.75, 3.05) is 13.2 Å². The molecule has 0 heterocycles. The van der Waals surface area contributed by atoms with Crippen LogP contribution in [0.25, 0.3) is 0 Å². The second-order valence-corrected chi connectivity index (χ2v) is 16.7. The molecule has 350 valence electrons. The highest BCUT2D eigenvalue weighted by molar-refractivity contribution is 5.71. The van der Waals surface area contributed by atoms with Gasteiger partial charge < -0.3 is 14.2 Å². The van der Waals surface area contributed by atoms with Crippen molar-refractivity contribution in [3.8, 4) is 0 Å². The lowest BCUT2D eigenvalue weighted by molar-refractivity contribution is -0.167. The molecule has 0 aromatic rings. The SMILES string of the molecule is CC/C=C\C/C=C\C/C=C\C/C=C\C/C=C\CCCCCCCCCCCC(=O)OCC(COC(=O)CCCCCCCCC)OC(=O)CCCCCCC/C=C\CCCC. The first-order valence-electron chi connectivity index (χ1n) is 25.4. The number of esters is 3. The maximum Gasteiger partial charge on any atom is 0.306 e. The van der Waals surface area contributed by atoms with Crippen molar-refractivity contribution in [2.45, 2.75) is 245 Å². The summed E-state index contributed by atoms with van der Waals surface area (Å²) in [7, 11) is 0. The van der Waals surface area contributed by atoms with E-state index in [4.69, 9.17) is 14.2 Å². The van der Waals surface area contributed by atoms with E-state index in [2.05, 4.69) is 93.7 Å². The molecule has 0 saturated carbocycles. The van der Waals surface area contributed by atoms with Gasteiger partial charge in [-0.1, -0.05) is 209 Å². The van der Waals surface area contributed by atoms with Gasteiger partial charge in [0.25, 0.3) is 0 Å². The lowest BCUT2D eigenvalue weighted by atomic mass is 10.1. The summed E-state index contributed by atoms with van der Waals surface area (Å²) < 4.78 is 16.7. The van der Waals surface area contributed by atoms with E-state index < -0.39 is 6.10 Å². The summed E-state index contributed by atoms with van der Waals surface area (Å²) >= 11 is 0.